The molecule has 5 nitrogen and oxygen atoms in total. The van der Waals surface area contributed by atoms with Gasteiger partial charge in [0.25, 0.3) is 0 Å². The maximum Gasteiger partial charge on any atom is 0.243 e. The van der Waals surface area contributed by atoms with Crippen LogP contribution in [0.3, 0.4) is 0 Å². The van der Waals surface area contributed by atoms with Crippen LogP contribution in [0.2, 0.25) is 0 Å². The van der Waals surface area contributed by atoms with Crippen molar-refractivity contribution in [3.8, 4) is 0 Å². The molecule has 162 valence electrons. The van der Waals surface area contributed by atoms with Gasteiger partial charge < -0.3 is 9.47 Å². The van der Waals surface area contributed by atoms with Crippen LogP contribution in [-0.2, 0) is 19.5 Å². The monoisotopic (exact) mass is 437 g/mol. The molecule has 3 aromatic carbocycles. The summed E-state index contributed by atoms with van der Waals surface area (Å²) >= 11 is 0. The predicted molar refractivity (Wildman–Crippen MR) is 120 cm³/mol. The van der Waals surface area contributed by atoms with Crippen LogP contribution >= 0.6 is 0 Å². The largest absolute Gasteiger partial charge is 0.373 e. The highest BCUT2D eigenvalue weighted by molar-refractivity contribution is 7.89. The Hall–Kier alpha value is -2.25. The molecule has 5 rings (SSSR count). The number of nitrogens with zero attached hydrogens (tertiary/aromatic N) is 1. The molecule has 0 saturated carbocycles. The minimum atomic E-state index is -3.55. The highest BCUT2D eigenvalue weighted by atomic mass is 32.2. The van der Waals surface area contributed by atoms with E-state index in [4.69, 9.17) is 9.47 Å². The molecule has 3 aromatic rings. The SMILES string of the molecule is Cc1ccc(S(=O)(=O)N2CCO[C@]3(CCO[C@H](c4ccc5ccccc5c4)C3)C2)cc1. The number of fused-ring (bicyclic) bond motifs is 1. The van der Waals surface area contributed by atoms with E-state index in [9.17, 15) is 8.42 Å². The predicted octanol–water partition coefficient (Wildman–Crippen LogP) is 4.46. The van der Waals surface area contributed by atoms with Gasteiger partial charge in [0.05, 0.1) is 29.8 Å². The summed E-state index contributed by atoms with van der Waals surface area (Å²) in [7, 11) is -3.55. The van der Waals surface area contributed by atoms with E-state index in [1.807, 2.05) is 31.2 Å². The molecule has 31 heavy (non-hydrogen) atoms. The van der Waals surface area contributed by atoms with Gasteiger partial charge in [-0.3, -0.25) is 0 Å². The number of morpholine rings is 1. The summed E-state index contributed by atoms with van der Waals surface area (Å²) < 4.78 is 40.5. The molecule has 2 aliphatic rings. The lowest BCUT2D eigenvalue weighted by molar-refractivity contribution is -0.163. The Morgan fingerprint density at radius 2 is 1.74 bits per heavy atom. The summed E-state index contributed by atoms with van der Waals surface area (Å²) in [5.41, 5.74) is 1.63. The summed E-state index contributed by atoms with van der Waals surface area (Å²) in [5.74, 6) is 0. The van der Waals surface area contributed by atoms with Crippen LogP contribution in [0, 0.1) is 6.92 Å². The fraction of sp³-hybridized carbons (Fsp3) is 0.360. The quantitative estimate of drug-likeness (QED) is 0.607. The first-order valence-electron chi connectivity index (χ1n) is 10.8. The van der Waals surface area contributed by atoms with E-state index < -0.39 is 15.6 Å². The Kier molecular flexibility index (Phi) is 5.34. The first kappa shape index (κ1) is 20.6. The van der Waals surface area contributed by atoms with Crippen LogP contribution < -0.4 is 0 Å². The number of hydrogen-bond donors (Lipinski definition) is 0. The zero-order chi connectivity index (χ0) is 21.5. The fourth-order valence-electron chi connectivity index (χ4n) is 4.66. The number of rotatable bonds is 3. The van der Waals surface area contributed by atoms with Gasteiger partial charge in [0.15, 0.2) is 0 Å². The van der Waals surface area contributed by atoms with Gasteiger partial charge in [-0.2, -0.15) is 4.31 Å². The Balaban J connectivity index is 1.39. The third kappa shape index (κ3) is 4.01. The summed E-state index contributed by atoms with van der Waals surface area (Å²) in [6.45, 7) is 3.64. The van der Waals surface area contributed by atoms with Crippen LogP contribution in [0.15, 0.2) is 71.6 Å². The molecule has 6 heteroatoms. The molecule has 2 fully saturated rings. The molecule has 0 radical (unpaired) electrons. The molecular weight excluding hydrogens is 410 g/mol. The molecule has 0 bridgehead atoms. The average molecular weight is 438 g/mol. The maximum atomic E-state index is 13.3. The van der Waals surface area contributed by atoms with E-state index in [-0.39, 0.29) is 6.10 Å². The molecule has 1 spiro atoms. The van der Waals surface area contributed by atoms with Gasteiger partial charge >= 0.3 is 0 Å². The summed E-state index contributed by atoms with van der Waals surface area (Å²) in [6, 6.07) is 21.7. The van der Waals surface area contributed by atoms with E-state index in [0.29, 0.717) is 44.0 Å². The summed E-state index contributed by atoms with van der Waals surface area (Å²) in [4.78, 5) is 0.341. The van der Waals surface area contributed by atoms with Crippen LogP contribution in [0.1, 0.15) is 30.1 Å². The molecule has 2 aliphatic heterocycles. The zero-order valence-corrected chi connectivity index (χ0v) is 18.5. The minimum absolute atomic E-state index is 0.111. The minimum Gasteiger partial charge on any atom is -0.373 e. The van der Waals surface area contributed by atoms with Crippen LogP contribution in [0.25, 0.3) is 10.8 Å². The van der Waals surface area contributed by atoms with Crippen molar-refractivity contribution < 1.29 is 17.9 Å². The molecule has 2 atom stereocenters. The Labute approximate surface area is 183 Å². The van der Waals surface area contributed by atoms with Crippen LogP contribution in [-0.4, -0.2) is 44.6 Å². The van der Waals surface area contributed by atoms with Crippen molar-refractivity contribution in [1.29, 1.82) is 0 Å². The fourth-order valence-corrected chi connectivity index (χ4v) is 6.16. The van der Waals surface area contributed by atoms with Crippen molar-refractivity contribution in [1.82, 2.24) is 4.31 Å². The van der Waals surface area contributed by atoms with Crippen molar-refractivity contribution in [2.24, 2.45) is 0 Å². The van der Waals surface area contributed by atoms with Crippen LogP contribution in [0.4, 0.5) is 0 Å². The van der Waals surface area contributed by atoms with Gasteiger partial charge in [0.1, 0.15) is 0 Å². The first-order valence-corrected chi connectivity index (χ1v) is 12.2. The lowest BCUT2D eigenvalue weighted by atomic mass is 9.86. The third-order valence-corrected chi connectivity index (χ3v) is 8.31. The highest BCUT2D eigenvalue weighted by Crippen LogP contribution is 2.40. The smallest absolute Gasteiger partial charge is 0.243 e. The Morgan fingerprint density at radius 1 is 0.968 bits per heavy atom. The third-order valence-electron chi connectivity index (χ3n) is 6.45. The lowest BCUT2D eigenvalue weighted by Gasteiger charge is -2.46. The average Bonchev–Trinajstić information content (AvgIpc) is 2.79. The first-order chi connectivity index (χ1) is 15.0. The Morgan fingerprint density at radius 3 is 2.55 bits per heavy atom. The normalized spacial score (nSPS) is 25.1. The molecule has 2 saturated heterocycles. The molecular formula is C25H27NO4S. The zero-order valence-electron chi connectivity index (χ0n) is 17.7. The van der Waals surface area contributed by atoms with Gasteiger partial charge in [-0.1, -0.05) is 54.1 Å². The van der Waals surface area contributed by atoms with Crippen molar-refractivity contribution in [2.75, 3.05) is 26.3 Å². The number of hydrogen-bond acceptors (Lipinski definition) is 4. The van der Waals surface area contributed by atoms with E-state index in [1.165, 1.54) is 10.8 Å². The Bertz CT molecular complexity index is 1190. The van der Waals surface area contributed by atoms with Gasteiger partial charge in [0.2, 0.25) is 10.0 Å². The van der Waals surface area contributed by atoms with Crippen LogP contribution in [0.5, 0.6) is 0 Å². The van der Waals surface area contributed by atoms with Crippen molar-refractivity contribution in [2.45, 2.75) is 36.4 Å². The second kappa shape index (κ2) is 8.02. The molecule has 0 aliphatic carbocycles. The molecule has 0 amide bonds. The van der Waals surface area contributed by atoms with Gasteiger partial charge in [0, 0.05) is 25.9 Å². The van der Waals surface area contributed by atoms with E-state index in [0.717, 1.165) is 11.1 Å². The van der Waals surface area contributed by atoms with Gasteiger partial charge in [-0.05, 0) is 41.5 Å². The lowest BCUT2D eigenvalue weighted by Crippen LogP contribution is -2.56. The second-order valence-electron chi connectivity index (χ2n) is 8.60. The molecule has 0 N–H and O–H groups in total. The standard InChI is InChI=1S/C25H27NO4S/c1-19-6-10-23(11-7-19)31(27,28)26-13-15-30-25(18-26)12-14-29-24(17-25)22-9-8-20-4-2-3-5-21(20)16-22/h2-11,16,24H,12-15,17-18H2,1H3/t24-,25-/m0/s1. The van der Waals surface area contributed by atoms with E-state index in [1.54, 1.807) is 16.4 Å². The van der Waals surface area contributed by atoms with Crippen molar-refractivity contribution in [3.05, 3.63) is 77.9 Å². The van der Waals surface area contributed by atoms with Crippen molar-refractivity contribution >= 4 is 20.8 Å². The number of sulfonamides is 1. The number of ether oxygens (including phenoxy) is 2. The number of aryl methyl sites for hydroxylation is 1. The molecule has 0 aromatic heterocycles. The highest BCUT2D eigenvalue weighted by Gasteiger charge is 2.45. The maximum absolute atomic E-state index is 13.3. The van der Waals surface area contributed by atoms with Gasteiger partial charge in [-0.15, -0.1) is 0 Å². The van der Waals surface area contributed by atoms with E-state index in [2.05, 4.69) is 30.3 Å². The topological polar surface area (TPSA) is 55.8 Å². The summed E-state index contributed by atoms with van der Waals surface area (Å²) in [5, 5.41) is 2.37. The molecule has 0 unspecified atom stereocenters. The summed E-state index contributed by atoms with van der Waals surface area (Å²) in [6.07, 6.45) is 1.22. The second-order valence-corrected chi connectivity index (χ2v) is 10.5. The van der Waals surface area contributed by atoms with Gasteiger partial charge in [-0.25, -0.2) is 8.42 Å². The van der Waals surface area contributed by atoms with Crippen molar-refractivity contribution in [3.63, 3.8) is 0 Å². The molecule has 2 heterocycles. The van der Waals surface area contributed by atoms with E-state index >= 15 is 0 Å². The number of benzene rings is 3.